The van der Waals surface area contributed by atoms with E-state index in [1.54, 1.807) is 4.90 Å². The van der Waals surface area contributed by atoms with Crippen molar-refractivity contribution >= 4 is 39.3 Å². The van der Waals surface area contributed by atoms with Crippen LogP contribution in [-0.4, -0.2) is 61.2 Å². The number of halogens is 4. The number of alkyl halides is 3. The van der Waals surface area contributed by atoms with E-state index in [9.17, 15) is 26.4 Å². The lowest BCUT2D eigenvalue weighted by atomic mass is 10.2. The van der Waals surface area contributed by atoms with Crippen molar-refractivity contribution in [1.82, 2.24) is 9.21 Å². The number of piperazine rings is 1. The third-order valence-corrected chi connectivity index (χ3v) is 7.42. The van der Waals surface area contributed by atoms with Crippen molar-refractivity contribution < 1.29 is 26.4 Å². The molecule has 0 N–H and O–H groups in total. The first-order chi connectivity index (χ1) is 12.6. The molecule has 0 aromatic heterocycles. The first-order valence-corrected chi connectivity index (χ1v) is 11.3. The molecule has 1 amide bonds. The predicted molar refractivity (Wildman–Crippen MR) is 99.4 cm³/mol. The van der Waals surface area contributed by atoms with Gasteiger partial charge < -0.3 is 4.90 Å². The average molecular weight is 445 g/mol. The highest BCUT2D eigenvalue weighted by atomic mass is 35.5. The molecule has 1 heterocycles. The summed E-state index contributed by atoms with van der Waals surface area (Å²) in [5.41, 5.74) is -1.19. The van der Waals surface area contributed by atoms with Crippen LogP contribution in [0.4, 0.5) is 13.2 Å². The summed E-state index contributed by atoms with van der Waals surface area (Å²) in [6, 6.07) is 2.55. The number of benzene rings is 1. The molecule has 0 spiro atoms. The molecule has 0 radical (unpaired) electrons. The molecule has 1 aliphatic heterocycles. The Kier molecular flexibility index (Phi) is 7.46. The fraction of sp³-hybridized carbons (Fsp3) is 0.562. The van der Waals surface area contributed by atoms with E-state index >= 15 is 0 Å². The number of hydrogen-bond acceptors (Lipinski definition) is 4. The zero-order chi connectivity index (χ0) is 20.2. The second kappa shape index (κ2) is 9.02. The molecule has 0 aliphatic carbocycles. The summed E-state index contributed by atoms with van der Waals surface area (Å²) in [5.74, 6) is 1.15. The first-order valence-electron chi connectivity index (χ1n) is 8.29. The van der Waals surface area contributed by atoms with Crippen molar-refractivity contribution in [3.63, 3.8) is 0 Å². The summed E-state index contributed by atoms with van der Waals surface area (Å²) in [7, 11) is -4.10. The molecule has 1 saturated heterocycles. The second-order valence-corrected chi connectivity index (χ2v) is 9.43. The molecule has 5 nitrogen and oxygen atoms in total. The highest BCUT2D eigenvalue weighted by Gasteiger charge is 2.36. The monoisotopic (exact) mass is 444 g/mol. The molecule has 152 valence electrons. The van der Waals surface area contributed by atoms with Gasteiger partial charge in [0, 0.05) is 26.2 Å². The minimum Gasteiger partial charge on any atom is -0.339 e. The SMILES string of the molecule is CCCSCC(=O)N1CCN(S(=O)(=O)c2ccc(Cl)c(C(F)(F)F)c2)CC1. The van der Waals surface area contributed by atoms with Crippen molar-refractivity contribution in [2.24, 2.45) is 0 Å². The molecule has 0 saturated carbocycles. The van der Waals surface area contributed by atoms with E-state index < -0.39 is 31.7 Å². The normalized spacial score (nSPS) is 16.6. The van der Waals surface area contributed by atoms with E-state index in [1.165, 1.54) is 11.8 Å². The Labute approximate surface area is 165 Å². The van der Waals surface area contributed by atoms with E-state index in [0.717, 1.165) is 28.6 Å². The van der Waals surface area contributed by atoms with Gasteiger partial charge in [0.2, 0.25) is 15.9 Å². The zero-order valence-corrected chi connectivity index (χ0v) is 17.0. The highest BCUT2D eigenvalue weighted by molar-refractivity contribution is 7.99. The van der Waals surface area contributed by atoms with Crippen LogP contribution in [0.2, 0.25) is 5.02 Å². The Morgan fingerprint density at radius 3 is 2.41 bits per heavy atom. The van der Waals surface area contributed by atoms with Crippen molar-refractivity contribution in [2.75, 3.05) is 37.7 Å². The largest absolute Gasteiger partial charge is 0.417 e. The number of thioether (sulfide) groups is 1. The van der Waals surface area contributed by atoms with Crippen LogP contribution in [0, 0.1) is 0 Å². The van der Waals surface area contributed by atoms with Crippen LogP contribution in [0.15, 0.2) is 23.1 Å². The lowest BCUT2D eigenvalue weighted by molar-refractivity contribution is -0.137. The molecule has 0 bridgehead atoms. The molecule has 11 heteroatoms. The fourth-order valence-electron chi connectivity index (χ4n) is 2.60. The number of sulfonamides is 1. The third kappa shape index (κ3) is 5.52. The van der Waals surface area contributed by atoms with E-state index in [4.69, 9.17) is 11.6 Å². The average Bonchev–Trinajstić information content (AvgIpc) is 2.61. The van der Waals surface area contributed by atoms with Gasteiger partial charge in [-0.05, 0) is 30.4 Å². The van der Waals surface area contributed by atoms with E-state index in [2.05, 4.69) is 0 Å². The van der Waals surface area contributed by atoms with Gasteiger partial charge >= 0.3 is 6.18 Å². The highest BCUT2D eigenvalue weighted by Crippen LogP contribution is 2.36. The van der Waals surface area contributed by atoms with E-state index in [0.29, 0.717) is 11.8 Å². The van der Waals surface area contributed by atoms with Gasteiger partial charge in [-0.2, -0.15) is 29.2 Å². The van der Waals surface area contributed by atoms with Gasteiger partial charge in [0.05, 0.1) is 21.2 Å². The standard InChI is InChI=1S/C16H20ClF3N2O3S2/c1-2-9-26-11-15(23)21-5-7-22(8-6-21)27(24,25)12-3-4-14(17)13(10-12)16(18,19)20/h3-4,10H,2,5-9,11H2,1H3. The maximum atomic E-state index is 13.0. The van der Waals surface area contributed by atoms with Gasteiger partial charge in [0.15, 0.2) is 0 Å². The molecule has 2 rings (SSSR count). The number of nitrogens with zero attached hydrogens (tertiary/aromatic N) is 2. The summed E-state index contributed by atoms with van der Waals surface area (Å²) in [5, 5.41) is -0.554. The Morgan fingerprint density at radius 1 is 1.22 bits per heavy atom. The van der Waals surface area contributed by atoms with Crippen molar-refractivity contribution in [1.29, 1.82) is 0 Å². The molecular formula is C16H20ClF3N2O3S2. The van der Waals surface area contributed by atoms with Crippen molar-refractivity contribution in [3.05, 3.63) is 28.8 Å². The van der Waals surface area contributed by atoms with Crippen LogP contribution in [0.3, 0.4) is 0 Å². The molecule has 1 fully saturated rings. The number of rotatable bonds is 6. The molecule has 1 aromatic rings. The Balaban J connectivity index is 2.08. The van der Waals surface area contributed by atoms with Crippen molar-refractivity contribution in [3.8, 4) is 0 Å². The van der Waals surface area contributed by atoms with Gasteiger partial charge in [0.1, 0.15) is 0 Å². The maximum absolute atomic E-state index is 13.0. The van der Waals surface area contributed by atoms with Crippen LogP contribution in [0.5, 0.6) is 0 Å². The van der Waals surface area contributed by atoms with E-state index in [1.807, 2.05) is 6.92 Å². The Morgan fingerprint density at radius 2 is 1.85 bits per heavy atom. The quantitative estimate of drug-likeness (QED) is 0.631. The minimum absolute atomic E-state index is 0.0382. The van der Waals surface area contributed by atoms with Crippen LogP contribution in [0.25, 0.3) is 0 Å². The molecule has 27 heavy (non-hydrogen) atoms. The van der Waals surface area contributed by atoms with E-state index in [-0.39, 0.29) is 32.1 Å². The number of hydrogen-bond donors (Lipinski definition) is 0. The van der Waals surface area contributed by atoms with Gasteiger partial charge in [-0.1, -0.05) is 18.5 Å². The first kappa shape index (κ1) is 22.3. The van der Waals surface area contributed by atoms with Crippen molar-refractivity contribution in [2.45, 2.75) is 24.4 Å². The van der Waals surface area contributed by atoms with Crippen LogP contribution in [0.1, 0.15) is 18.9 Å². The second-order valence-electron chi connectivity index (χ2n) is 5.98. The van der Waals surface area contributed by atoms with Gasteiger partial charge in [-0.15, -0.1) is 0 Å². The van der Waals surface area contributed by atoms with Crippen LogP contribution < -0.4 is 0 Å². The van der Waals surface area contributed by atoms with Gasteiger partial charge in [0.25, 0.3) is 0 Å². The summed E-state index contributed by atoms with van der Waals surface area (Å²) >= 11 is 7.07. The third-order valence-electron chi connectivity index (χ3n) is 4.05. The Hall–Kier alpha value is -0.970. The summed E-state index contributed by atoms with van der Waals surface area (Å²) in [4.78, 5) is 13.2. The molecule has 1 aliphatic rings. The predicted octanol–water partition coefficient (Wildman–Crippen LogP) is 3.33. The summed E-state index contributed by atoms with van der Waals surface area (Å²) in [6.07, 6.45) is -3.78. The van der Waals surface area contributed by atoms with Crippen LogP contribution in [-0.2, 0) is 21.0 Å². The lowest BCUT2D eigenvalue weighted by Gasteiger charge is -2.34. The number of carbonyl (C=O) groups excluding carboxylic acids is 1. The van der Waals surface area contributed by atoms with Crippen LogP contribution >= 0.6 is 23.4 Å². The molecule has 0 atom stereocenters. The number of amides is 1. The summed E-state index contributed by atoms with van der Waals surface area (Å²) in [6.45, 7) is 2.52. The maximum Gasteiger partial charge on any atom is 0.417 e. The molecule has 0 unspecified atom stereocenters. The fourth-order valence-corrected chi connectivity index (χ4v) is 5.07. The zero-order valence-electron chi connectivity index (χ0n) is 14.6. The summed E-state index contributed by atoms with van der Waals surface area (Å²) < 4.78 is 65.4. The molecular weight excluding hydrogens is 425 g/mol. The lowest BCUT2D eigenvalue weighted by Crippen LogP contribution is -2.51. The van der Waals surface area contributed by atoms with Gasteiger partial charge in [-0.25, -0.2) is 8.42 Å². The minimum atomic E-state index is -4.75. The Bertz CT molecular complexity index is 780. The smallest absolute Gasteiger partial charge is 0.339 e. The number of carbonyl (C=O) groups is 1. The molecule has 1 aromatic carbocycles. The van der Waals surface area contributed by atoms with Gasteiger partial charge in [-0.3, -0.25) is 4.79 Å². The topological polar surface area (TPSA) is 57.7 Å².